The Morgan fingerprint density at radius 2 is 1.76 bits per heavy atom. The predicted molar refractivity (Wildman–Crippen MR) is 83.3 cm³/mol. The van der Waals surface area contributed by atoms with Gasteiger partial charge in [0, 0.05) is 31.9 Å². The van der Waals surface area contributed by atoms with Crippen molar-refractivity contribution in [2.24, 2.45) is 0 Å². The molecule has 1 aliphatic rings. The molecule has 0 radical (unpaired) electrons. The summed E-state index contributed by atoms with van der Waals surface area (Å²) in [5, 5.41) is 0.117. The lowest BCUT2D eigenvalue weighted by Crippen LogP contribution is -2.44. The van der Waals surface area contributed by atoms with E-state index in [4.69, 9.17) is 4.43 Å². The number of likely N-dealkylation sites (tertiary alicyclic amines) is 1. The van der Waals surface area contributed by atoms with Crippen LogP contribution in [0, 0.1) is 0 Å². The van der Waals surface area contributed by atoms with E-state index < -0.39 is 8.32 Å². The molecular weight excluding hydrogens is 286 g/mol. The van der Waals surface area contributed by atoms with Gasteiger partial charge in [-0.05, 0) is 24.6 Å². The molecule has 0 aromatic carbocycles. The van der Waals surface area contributed by atoms with Gasteiger partial charge in [0.15, 0.2) is 8.32 Å². The van der Waals surface area contributed by atoms with Gasteiger partial charge in [-0.3, -0.25) is 14.5 Å². The molecular formula is C15H27NO4Si. The lowest BCUT2D eigenvalue weighted by molar-refractivity contribution is -0.141. The summed E-state index contributed by atoms with van der Waals surface area (Å²) in [6.45, 7) is 11.3. The zero-order valence-corrected chi connectivity index (χ0v) is 14.8. The molecule has 1 atom stereocenters. The number of hydrogen-bond donors (Lipinski definition) is 0. The van der Waals surface area contributed by atoms with Crippen LogP contribution in [0.1, 0.15) is 46.5 Å². The summed E-state index contributed by atoms with van der Waals surface area (Å²) in [7, 11) is -1.84. The van der Waals surface area contributed by atoms with E-state index in [-0.39, 0.29) is 42.2 Å². The van der Waals surface area contributed by atoms with Crippen molar-refractivity contribution >= 4 is 26.4 Å². The summed E-state index contributed by atoms with van der Waals surface area (Å²) in [5.74, 6) is -0.335. The van der Waals surface area contributed by atoms with Crippen LogP contribution in [0.25, 0.3) is 0 Å². The second kappa shape index (κ2) is 6.83. The lowest BCUT2D eigenvalue weighted by Gasteiger charge is -2.37. The average molecular weight is 313 g/mol. The molecule has 1 fully saturated rings. The first-order chi connectivity index (χ1) is 9.60. The quantitative estimate of drug-likeness (QED) is 0.411. The Balaban J connectivity index is 2.62. The fourth-order valence-electron chi connectivity index (χ4n) is 2.13. The highest BCUT2D eigenvalue weighted by Gasteiger charge is 2.38. The van der Waals surface area contributed by atoms with Crippen molar-refractivity contribution in [1.29, 1.82) is 0 Å². The van der Waals surface area contributed by atoms with E-state index in [0.717, 1.165) is 6.29 Å². The Kier molecular flexibility index (Phi) is 5.87. The van der Waals surface area contributed by atoms with Gasteiger partial charge in [-0.25, -0.2) is 0 Å². The Morgan fingerprint density at radius 3 is 2.19 bits per heavy atom. The standard InChI is InChI=1S/C15H27NO4Si/c1-15(2,3)21(4,5)20-11-9-12(8-10-17)16-13(18)6-7-14(16)19/h10,12H,6-9,11H2,1-5H3/t12-/m0/s1. The molecule has 1 rings (SSSR count). The number of amides is 2. The highest BCUT2D eigenvalue weighted by Crippen LogP contribution is 2.36. The molecule has 1 aliphatic heterocycles. The molecule has 0 N–H and O–H groups in total. The van der Waals surface area contributed by atoms with Crippen molar-refractivity contribution in [2.75, 3.05) is 6.61 Å². The Labute approximate surface area is 128 Å². The normalized spacial score (nSPS) is 18.2. The second-order valence-electron chi connectivity index (χ2n) is 7.11. The zero-order chi connectivity index (χ0) is 16.3. The third kappa shape index (κ3) is 4.48. The Hall–Kier alpha value is -1.01. The Morgan fingerprint density at radius 1 is 1.24 bits per heavy atom. The molecule has 6 heteroatoms. The van der Waals surface area contributed by atoms with Gasteiger partial charge in [0.05, 0.1) is 0 Å². The fourth-order valence-corrected chi connectivity index (χ4v) is 3.19. The minimum atomic E-state index is -1.84. The van der Waals surface area contributed by atoms with Crippen molar-refractivity contribution in [3.05, 3.63) is 0 Å². The van der Waals surface area contributed by atoms with Crippen LogP contribution < -0.4 is 0 Å². The molecule has 0 aromatic heterocycles. The minimum Gasteiger partial charge on any atom is -0.417 e. The van der Waals surface area contributed by atoms with Crippen molar-refractivity contribution < 1.29 is 18.8 Å². The van der Waals surface area contributed by atoms with Crippen LogP contribution in [0.2, 0.25) is 18.1 Å². The maximum Gasteiger partial charge on any atom is 0.229 e. The van der Waals surface area contributed by atoms with Crippen molar-refractivity contribution in [1.82, 2.24) is 4.90 Å². The van der Waals surface area contributed by atoms with E-state index in [1.165, 1.54) is 4.90 Å². The SMILES string of the molecule is CC(C)(C)[Si](C)(C)OCC[C@H](CC=O)N1C(=O)CCC1=O. The molecule has 2 amide bonds. The molecule has 0 unspecified atom stereocenters. The van der Waals surface area contributed by atoms with Gasteiger partial charge in [0.25, 0.3) is 0 Å². The van der Waals surface area contributed by atoms with Crippen LogP contribution in [-0.2, 0) is 18.8 Å². The summed E-state index contributed by atoms with van der Waals surface area (Å²) in [4.78, 5) is 35.6. The van der Waals surface area contributed by atoms with Crippen LogP contribution in [0.4, 0.5) is 0 Å². The summed E-state index contributed by atoms with van der Waals surface area (Å²) >= 11 is 0. The molecule has 120 valence electrons. The fraction of sp³-hybridized carbons (Fsp3) is 0.800. The van der Waals surface area contributed by atoms with Gasteiger partial charge in [-0.2, -0.15) is 0 Å². The van der Waals surface area contributed by atoms with Crippen molar-refractivity contribution in [3.63, 3.8) is 0 Å². The number of imide groups is 1. The highest BCUT2D eigenvalue weighted by atomic mass is 28.4. The van der Waals surface area contributed by atoms with Crippen molar-refractivity contribution in [3.8, 4) is 0 Å². The maximum absolute atomic E-state index is 11.8. The number of nitrogens with zero attached hydrogens (tertiary/aromatic N) is 1. The largest absolute Gasteiger partial charge is 0.417 e. The maximum atomic E-state index is 11.8. The molecule has 5 nitrogen and oxygen atoms in total. The topological polar surface area (TPSA) is 63.7 Å². The molecule has 0 bridgehead atoms. The zero-order valence-electron chi connectivity index (χ0n) is 13.8. The van der Waals surface area contributed by atoms with E-state index in [0.29, 0.717) is 13.0 Å². The first-order valence-electron chi connectivity index (χ1n) is 7.52. The number of aldehydes is 1. The van der Waals surface area contributed by atoms with E-state index in [9.17, 15) is 14.4 Å². The molecule has 0 aromatic rings. The second-order valence-corrected chi connectivity index (χ2v) is 11.9. The van der Waals surface area contributed by atoms with Crippen molar-refractivity contribution in [2.45, 2.75) is 70.6 Å². The number of carbonyl (C=O) groups is 3. The summed E-state index contributed by atoms with van der Waals surface area (Å²) in [5.41, 5.74) is 0. The number of rotatable bonds is 7. The van der Waals surface area contributed by atoms with Gasteiger partial charge >= 0.3 is 0 Å². The molecule has 1 heterocycles. The predicted octanol–water partition coefficient (Wildman–Crippen LogP) is 2.50. The van der Waals surface area contributed by atoms with Gasteiger partial charge in [-0.1, -0.05) is 20.8 Å². The highest BCUT2D eigenvalue weighted by molar-refractivity contribution is 6.74. The van der Waals surface area contributed by atoms with Gasteiger partial charge in [-0.15, -0.1) is 0 Å². The van der Waals surface area contributed by atoms with E-state index in [1.54, 1.807) is 0 Å². The van der Waals surface area contributed by atoms with E-state index >= 15 is 0 Å². The van der Waals surface area contributed by atoms with Crippen LogP contribution >= 0.6 is 0 Å². The Bertz CT molecular complexity index is 398. The molecule has 0 spiro atoms. The number of hydrogen-bond acceptors (Lipinski definition) is 4. The van der Waals surface area contributed by atoms with Crippen LogP contribution in [0.15, 0.2) is 0 Å². The monoisotopic (exact) mass is 313 g/mol. The van der Waals surface area contributed by atoms with Crippen LogP contribution in [-0.4, -0.2) is 44.0 Å². The molecule has 21 heavy (non-hydrogen) atoms. The summed E-state index contributed by atoms with van der Waals surface area (Å²) < 4.78 is 6.07. The lowest BCUT2D eigenvalue weighted by atomic mass is 10.1. The minimum absolute atomic E-state index is 0.117. The third-order valence-electron chi connectivity index (χ3n) is 4.54. The average Bonchev–Trinajstić information content (AvgIpc) is 2.66. The molecule has 0 aliphatic carbocycles. The summed E-state index contributed by atoms with van der Waals surface area (Å²) in [6, 6.07) is -0.352. The number of carbonyl (C=O) groups excluding carboxylic acids is 3. The van der Waals surface area contributed by atoms with E-state index in [1.807, 2.05) is 0 Å². The van der Waals surface area contributed by atoms with Crippen LogP contribution in [0.3, 0.4) is 0 Å². The van der Waals surface area contributed by atoms with Crippen LogP contribution in [0.5, 0.6) is 0 Å². The van der Waals surface area contributed by atoms with Gasteiger partial charge in [0.1, 0.15) is 6.29 Å². The van der Waals surface area contributed by atoms with Gasteiger partial charge in [0.2, 0.25) is 11.8 Å². The summed E-state index contributed by atoms with van der Waals surface area (Å²) in [6.07, 6.45) is 2.02. The first kappa shape index (κ1) is 18.0. The molecule has 0 saturated carbocycles. The van der Waals surface area contributed by atoms with E-state index in [2.05, 4.69) is 33.9 Å². The smallest absolute Gasteiger partial charge is 0.229 e. The van der Waals surface area contributed by atoms with Gasteiger partial charge < -0.3 is 9.22 Å². The first-order valence-corrected chi connectivity index (χ1v) is 10.4. The molecule has 1 saturated heterocycles. The third-order valence-corrected chi connectivity index (χ3v) is 9.08.